The summed E-state index contributed by atoms with van der Waals surface area (Å²) in [5, 5.41) is 0.670. The van der Waals surface area contributed by atoms with Crippen molar-refractivity contribution >= 4 is 22.6 Å². The second-order valence-electron chi connectivity index (χ2n) is 5.90. The van der Waals surface area contributed by atoms with Crippen LogP contribution in [0.5, 0.6) is 0 Å². The molecule has 4 heteroatoms. The number of benzene rings is 1. The second-order valence-corrected chi connectivity index (χ2v) is 6.31. The molecule has 3 nitrogen and oxygen atoms in total. The number of pyridine rings is 1. The van der Waals surface area contributed by atoms with Crippen LogP contribution in [0.15, 0.2) is 36.5 Å². The van der Waals surface area contributed by atoms with E-state index >= 15 is 0 Å². The lowest BCUT2D eigenvalue weighted by Gasteiger charge is -2.18. The van der Waals surface area contributed by atoms with Crippen LogP contribution in [0.3, 0.4) is 0 Å². The normalized spacial score (nSPS) is 12.0. The van der Waals surface area contributed by atoms with Gasteiger partial charge in [-0.15, -0.1) is 0 Å². The van der Waals surface area contributed by atoms with E-state index in [0.29, 0.717) is 5.02 Å². The summed E-state index contributed by atoms with van der Waals surface area (Å²) in [6.45, 7) is 6.35. The standard InChI is InChI=1S/C16H16ClN3/c1-16(2,3)14-8-11(17)10(9-18-14)15-19-12-6-4-5-7-13(12)20-15/h4-9H,1-3H3,(H,19,20). The van der Waals surface area contributed by atoms with Crippen molar-refractivity contribution in [3.8, 4) is 11.4 Å². The van der Waals surface area contributed by atoms with Gasteiger partial charge in [-0.1, -0.05) is 44.5 Å². The van der Waals surface area contributed by atoms with Gasteiger partial charge in [-0.05, 0) is 18.2 Å². The van der Waals surface area contributed by atoms with Gasteiger partial charge in [-0.3, -0.25) is 4.98 Å². The highest BCUT2D eigenvalue weighted by atomic mass is 35.5. The Labute approximate surface area is 123 Å². The first-order valence-corrected chi connectivity index (χ1v) is 6.94. The summed E-state index contributed by atoms with van der Waals surface area (Å²) in [4.78, 5) is 12.3. The molecule has 0 saturated heterocycles. The molecule has 2 heterocycles. The minimum atomic E-state index is -0.0178. The number of halogens is 1. The average molecular weight is 286 g/mol. The second kappa shape index (κ2) is 4.60. The number of nitrogens with one attached hydrogen (secondary N) is 1. The molecule has 0 radical (unpaired) electrons. The molecule has 0 amide bonds. The van der Waals surface area contributed by atoms with Crippen molar-refractivity contribution in [1.82, 2.24) is 15.0 Å². The predicted molar refractivity (Wildman–Crippen MR) is 83.0 cm³/mol. The number of hydrogen-bond donors (Lipinski definition) is 1. The zero-order valence-corrected chi connectivity index (χ0v) is 12.5. The van der Waals surface area contributed by atoms with Crippen LogP contribution in [0.4, 0.5) is 0 Å². The smallest absolute Gasteiger partial charge is 0.141 e. The van der Waals surface area contributed by atoms with Gasteiger partial charge >= 0.3 is 0 Å². The maximum absolute atomic E-state index is 6.40. The van der Waals surface area contributed by atoms with E-state index in [1.807, 2.05) is 30.3 Å². The number of aromatic nitrogens is 3. The molecule has 3 rings (SSSR count). The van der Waals surface area contributed by atoms with Crippen LogP contribution in [0.2, 0.25) is 5.02 Å². The third-order valence-corrected chi connectivity index (χ3v) is 3.58. The van der Waals surface area contributed by atoms with E-state index in [1.165, 1.54) is 0 Å². The van der Waals surface area contributed by atoms with Crippen LogP contribution in [-0.2, 0) is 5.41 Å². The van der Waals surface area contributed by atoms with E-state index in [1.54, 1.807) is 6.20 Å². The molecule has 0 atom stereocenters. The SMILES string of the molecule is CC(C)(C)c1cc(Cl)c(-c2nc3ccccc3[nH]2)cn1. The van der Waals surface area contributed by atoms with Crippen LogP contribution in [0, 0.1) is 0 Å². The number of imidazole rings is 1. The van der Waals surface area contributed by atoms with Crippen LogP contribution in [0.1, 0.15) is 26.5 Å². The summed E-state index contributed by atoms with van der Waals surface area (Å²) in [5.41, 5.74) is 3.71. The predicted octanol–water partition coefficient (Wildman–Crippen LogP) is 4.58. The molecular formula is C16H16ClN3. The van der Waals surface area contributed by atoms with Crippen molar-refractivity contribution in [2.24, 2.45) is 0 Å². The highest BCUT2D eigenvalue weighted by Crippen LogP contribution is 2.30. The lowest BCUT2D eigenvalue weighted by Crippen LogP contribution is -2.13. The van der Waals surface area contributed by atoms with Gasteiger partial charge < -0.3 is 4.98 Å². The van der Waals surface area contributed by atoms with Crippen LogP contribution < -0.4 is 0 Å². The molecule has 102 valence electrons. The lowest BCUT2D eigenvalue weighted by atomic mass is 9.91. The molecule has 0 fully saturated rings. The van der Waals surface area contributed by atoms with Crippen molar-refractivity contribution in [3.05, 3.63) is 47.2 Å². The van der Waals surface area contributed by atoms with Crippen LogP contribution in [0.25, 0.3) is 22.4 Å². The zero-order chi connectivity index (χ0) is 14.3. The lowest BCUT2D eigenvalue weighted by molar-refractivity contribution is 0.569. The summed E-state index contributed by atoms with van der Waals surface area (Å²) in [5.74, 6) is 0.754. The monoisotopic (exact) mass is 285 g/mol. The fourth-order valence-corrected chi connectivity index (χ4v) is 2.34. The molecule has 20 heavy (non-hydrogen) atoms. The molecule has 3 aromatic rings. The van der Waals surface area contributed by atoms with Crippen LogP contribution >= 0.6 is 11.6 Å². The molecule has 0 bridgehead atoms. The van der Waals surface area contributed by atoms with Crippen molar-refractivity contribution in [2.75, 3.05) is 0 Å². The number of hydrogen-bond acceptors (Lipinski definition) is 2. The quantitative estimate of drug-likeness (QED) is 0.711. The number of nitrogens with zero attached hydrogens (tertiary/aromatic N) is 2. The Morgan fingerprint density at radius 3 is 2.55 bits per heavy atom. The maximum Gasteiger partial charge on any atom is 0.141 e. The molecule has 0 aliphatic carbocycles. The van der Waals surface area contributed by atoms with E-state index in [-0.39, 0.29) is 5.41 Å². The van der Waals surface area contributed by atoms with Gasteiger partial charge in [-0.25, -0.2) is 4.98 Å². The summed E-state index contributed by atoms with van der Waals surface area (Å²) in [7, 11) is 0. The molecule has 2 aromatic heterocycles. The first kappa shape index (κ1) is 13.1. The third-order valence-electron chi connectivity index (χ3n) is 3.27. The van der Waals surface area contributed by atoms with Gasteiger partial charge in [0.1, 0.15) is 5.82 Å². The summed E-state index contributed by atoms with van der Waals surface area (Å²) in [6, 6.07) is 9.84. The minimum Gasteiger partial charge on any atom is -0.338 e. The maximum atomic E-state index is 6.40. The van der Waals surface area contributed by atoms with E-state index in [2.05, 4.69) is 35.7 Å². The molecular weight excluding hydrogens is 270 g/mol. The van der Waals surface area contributed by atoms with Gasteiger partial charge in [0.15, 0.2) is 0 Å². The molecule has 0 unspecified atom stereocenters. The topological polar surface area (TPSA) is 41.6 Å². The van der Waals surface area contributed by atoms with Gasteiger partial charge in [0, 0.05) is 17.3 Å². The van der Waals surface area contributed by atoms with E-state index in [9.17, 15) is 0 Å². The minimum absolute atomic E-state index is 0.0178. The number of aromatic amines is 1. The summed E-state index contributed by atoms with van der Waals surface area (Å²) in [6.07, 6.45) is 1.79. The van der Waals surface area contributed by atoms with Gasteiger partial charge in [0.2, 0.25) is 0 Å². The van der Waals surface area contributed by atoms with Crippen molar-refractivity contribution < 1.29 is 0 Å². The molecule has 0 aliphatic heterocycles. The first-order chi connectivity index (χ1) is 9.45. The van der Waals surface area contributed by atoms with Crippen molar-refractivity contribution in [2.45, 2.75) is 26.2 Å². The Kier molecular flexibility index (Phi) is 3.02. The van der Waals surface area contributed by atoms with Crippen LogP contribution in [-0.4, -0.2) is 15.0 Å². The average Bonchev–Trinajstić information content (AvgIpc) is 2.80. The molecule has 0 aliphatic rings. The van der Waals surface area contributed by atoms with Gasteiger partial charge in [0.05, 0.1) is 21.6 Å². The summed E-state index contributed by atoms with van der Waals surface area (Å²) < 4.78 is 0. The highest BCUT2D eigenvalue weighted by Gasteiger charge is 2.18. The fourth-order valence-electron chi connectivity index (χ4n) is 2.10. The summed E-state index contributed by atoms with van der Waals surface area (Å²) >= 11 is 6.40. The Bertz CT molecular complexity index is 736. The molecule has 1 aromatic carbocycles. The fraction of sp³-hybridized carbons (Fsp3) is 0.250. The number of H-pyrrole nitrogens is 1. The van der Waals surface area contributed by atoms with Crippen molar-refractivity contribution in [1.29, 1.82) is 0 Å². The van der Waals surface area contributed by atoms with E-state index in [0.717, 1.165) is 28.1 Å². The Hall–Kier alpha value is -1.87. The third kappa shape index (κ3) is 2.29. The Morgan fingerprint density at radius 1 is 1.15 bits per heavy atom. The molecule has 1 N–H and O–H groups in total. The van der Waals surface area contributed by atoms with E-state index < -0.39 is 0 Å². The number of para-hydroxylation sites is 2. The van der Waals surface area contributed by atoms with Gasteiger partial charge in [-0.2, -0.15) is 0 Å². The zero-order valence-electron chi connectivity index (χ0n) is 11.7. The van der Waals surface area contributed by atoms with Gasteiger partial charge in [0.25, 0.3) is 0 Å². The molecule has 0 spiro atoms. The number of rotatable bonds is 1. The Morgan fingerprint density at radius 2 is 1.90 bits per heavy atom. The number of fused-ring (bicyclic) bond motifs is 1. The largest absolute Gasteiger partial charge is 0.338 e. The van der Waals surface area contributed by atoms with E-state index in [4.69, 9.17) is 11.6 Å². The molecule has 0 saturated carbocycles. The first-order valence-electron chi connectivity index (χ1n) is 6.56. The van der Waals surface area contributed by atoms with Crippen molar-refractivity contribution in [3.63, 3.8) is 0 Å². The highest BCUT2D eigenvalue weighted by molar-refractivity contribution is 6.33. The Balaban J connectivity index is 2.10.